The molecule has 6 heteroatoms. The second-order valence-electron chi connectivity index (χ2n) is 3.75. The Bertz CT molecular complexity index is 637. The van der Waals surface area contributed by atoms with E-state index in [1.165, 1.54) is 5.56 Å². The first kappa shape index (κ1) is 10.6. The summed E-state index contributed by atoms with van der Waals surface area (Å²) in [4.78, 5) is 19.2. The Morgan fingerprint density at radius 1 is 1.17 bits per heavy atom. The molecule has 0 bridgehead atoms. The highest BCUT2D eigenvalue weighted by atomic mass is 16.5. The lowest BCUT2D eigenvalue weighted by Crippen LogP contribution is -2.04. The summed E-state index contributed by atoms with van der Waals surface area (Å²) in [5.41, 5.74) is 2.59. The molecule has 0 saturated carbocycles. The van der Waals surface area contributed by atoms with E-state index >= 15 is 0 Å². The van der Waals surface area contributed by atoms with Gasteiger partial charge in [0, 0.05) is 18.8 Å². The molecule has 1 N–H and O–H groups in total. The van der Waals surface area contributed by atoms with Crippen LogP contribution in [0.25, 0.3) is 11.2 Å². The molecule has 0 aliphatic rings. The van der Waals surface area contributed by atoms with E-state index in [1.807, 2.05) is 12.1 Å². The van der Waals surface area contributed by atoms with Crippen LogP contribution in [-0.4, -0.2) is 31.5 Å². The third-order valence-electron chi connectivity index (χ3n) is 2.52. The molecule has 3 aromatic rings. The fraction of sp³-hybridized carbons (Fsp3) is 0.167. The lowest BCUT2D eigenvalue weighted by atomic mass is 10.2. The zero-order valence-electron chi connectivity index (χ0n) is 9.58. The number of ether oxygens (including phenoxy) is 1. The number of fused-ring (bicyclic) bond motifs is 1. The zero-order chi connectivity index (χ0) is 12.2. The van der Waals surface area contributed by atoms with E-state index in [2.05, 4.69) is 24.9 Å². The summed E-state index contributed by atoms with van der Waals surface area (Å²) in [5, 5.41) is 0. The molecule has 0 amide bonds. The molecule has 3 aromatic heterocycles. The highest BCUT2D eigenvalue weighted by molar-refractivity contribution is 5.68. The topological polar surface area (TPSA) is 76.6 Å². The van der Waals surface area contributed by atoms with Crippen molar-refractivity contribution in [2.24, 2.45) is 0 Å². The van der Waals surface area contributed by atoms with Crippen molar-refractivity contribution in [3.05, 3.63) is 42.6 Å². The maximum Gasteiger partial charge on any atom is 0.318 e. The van der Waals surface area contributed by atoms with E-state index in [-0.39, 0.29) is 0 Å². The molecule has 6 nitrogen and oxygen atoms in total. The van der Waals surface area contributed by atoms with Crippen LogP contribution in [-0.2, 0) is 6.42 Å². The molecule has 0 saturated heterocycles. The smallest absolute Gasteiger partial charge is 0.318 e. The number of imidazole rings is 1. The predicted octanol–water partition coefficient (Wildman–Crippen LogP) is 1.37. The first-order valence-corrected chi connectivity index (χ1v) is 5.59. The van der Waals surface area contributed by atoms with Crippen molar-refractivity contribution >= 4 is 11.2 Å². The van der Waals surface area contributed by atoms with Gasteiger partial charge in [0.25, 0.3) is 0 Å². The van der Waals surface area contributed by atoms with Crippen molar-refractivity contribution in [1.29, 1.82) is 0 Å². The van der Waals surface area contributed by atoms with Crippen LogP contribution < -0.4 is 4.74 Å². The van der Waals surface area contributed by atoms with Crippen LogP contribution >= 0.6 is 0 Å². The zero-order valence-corrected chi connectivity index (χ0v) is 9.58. The maximum atomic E-state index is 5.49. The van der Waals surface area contributed by atoms with Gasteiger partial charge in [0.1, 0.15) is 5.52 Å². The van der Waals surface area contributed by atoms with E-state index < -0.39 is 0 Å². The normalized spacial score (nSPS) is 10.7. The highest BCUT2D eigenvalue weighted by Gasteiger charge is 2.02. The van der Waals surface area contributed by atoms with Gasteiger partial charge in [0.15, 0.2) is 5.65 Å². The van der Waals surface area contributed by atoms with Crippen LogP contribution in [0.15, 0.2) is 37.1 Å². The summed E-state index contributed by atoms with van der Waals surface area (Å²) < 4.78 is 5.49. The minimum atomic E-state index is 0.351. The molecular weight excluding hydrogens is 230 g/mol. The van der Waals surface area contributed by atoms with Gasteiger partial charge < -0.3 is 9.72 Å². The van der Waals surface area contributed by atoms with Gasteiger partial charge in [-0.05, 0) is 17.7 Å². The molecule has 0 unspecified atom stereocenters. The van der Waals surface area contributed by atoms with E-state index in [9.17, 15) is 0 Å². The van der Waals surface area contributed by atoms with Crippen molar-refractivity contribution in [3.8, 4) is 6.01 Å². The Hall–Kier alpha value is -2.50. The Labute approximate surface area is 103 Å². The third kappa shape index (κ3) is 2.27. The molecule has 0 radical (unpaired) electrons. The molecule has 18 heavy (non-hydrogen) atoms. The molecule has 0 spiro atoms. The second-order valence-corrected chi connectivity index (χ2v) is 3.75. The fourth-order valence-corrected chi connectivity index (χ4v) is 1.60. The first-order valence-electron chi connectivity index (χ1n) is 5.59. The van der Waals surface area contributed by atoms with Crippen LogP contribution in [0.4, 0.5) is 0 Å². The van der Waals surface area contributed by atoms with Crippen molar-refractivity contribution in [3.63, 3.8) is 0 Å². The number of nitrogens with zero attached hydrogens (tertiary/aromatic N) is 4. The summed E-state index contributed by atoms with van der Waals surface area (Å²) >= 11 is 0. The van der Waals surface area contributed by atoms with Crippen LogP contribution in [0.3, 0.4) is 0 Å². The quantitative estimate of drug-likeness (QED) is 0.746. The Balaban J connectivity index is 1.62. The molecule has 3 heterocycles. The molecule has 0 aromatic carbocycles. The van der Waals surface area contributed by atoms with Crippen LogP contribution in [0.1, 0.15) is 5.56 Å². The van der Waals surface area contributed by atoms with Crippen LogP contribution in [0.2, 0.25) is 0 Å². The number of aromatic nitrogens is 5. The molecule has 0 atom stereocenters. The number of pyridine rings is 1. The van der Waals surface area contributed by atoms with Gasteiger partial charge in [0.05, 0.1) is 19.1 Å². The average molecular weight is 241 g/mol. The Kier molecular flexibility index (Phi) is 2.83. The number of hydrogen-bond donors (Lipinski definition) is 1. The van der Waals surface area contributed by atoms with Crippen molar-refractivity contribution < 1.29 is 4.74 Å². The summed E-state index contributed by atoms with van der Waals surface area (Å²) in [6, 6.07) is 4.27. The fourth-order valence-electron chi connectivity index (χ4n) is 1.60. The van der Waals surface area contributed by atoms with Gasteiger partial charge in [0.2, 0.25) is 0 Å². The molecule has 0 aliphatic carbocycles. The molecule has 90 valence electrons. The second kappa shape index (κ2) is 4.79. The van der Waals surface area contributed by atoms with Gasteiger partial charge >= 0.3 is 6.01 Å². The van der Waals surface area contributed by atoms with E-state index in [0.717, 1.165) is 11.9 Å². The minimum absolute atomic E-state index is 0.351. The number of rotatable bonds is 4. The first-order chi connectivity index (χ1) is 8.92. The molecular formula is C12H11N5O. The van der Waals surface area contributed by atoms with Crippen molar-refractivity contribution in [2.75, 3.05) is 6.61 Å². The SMILES string of the molecule is c1cc(CCOc2ncc3[nH]cnc3n2)ccn1. The molecule has 3 rings (SSSR count). The Morgan fingerprint density at radius 2 is 2.06 bits per heavy atom. The Morgan fingerprint density at radius 3 is 2.94 bits per heavy atom. The number of H-pyrrole nitrogens is 1. The monoisotopic (exact) mass is 241 g/mol. The number of aromatic amines is 1. The van der Waals surface area contributed by atoms with Gasteiger partial charge in [-0.3, -0.25) is 4.98 Å². The lowest BCUT2D eigenvalue weighted by molar-refractivity contribution is 0.297. The molecule has 0 aliphatic heterocycles. The summed E-state index contributed by atoms with van der Waals surface area (Å²) in [7, 11) is 0. The van der Waals surface area contributed by atoms with Gasteiger partial charge in [-0.25, -0.2) is 9.97 Å². The van der Waals surface area contributed by atoms with E-state index in [4.69, 9.17) is 4.74 Å². The van der Waals surface area contributed by atoms with Gasteiger partial charge in [-0.1, -0.05) is 0 Å². The van der Waals surface area contributed by atoms with Crippen LogP contribution in [0.5, 0.6) is 6.01 Å². The minimum Gasteiger partial charge on any atom is -0.463 e. The van der Waals surface area contributed by atoms with E-state index in [1.54, 1.807) is 24.9 Å². The highest BCUT2D eigenvalue weighted by Crippen LogP contribution is 2.09. The van der Waals surface area contributed by atoms with Crippen molar-refractivity contribution in [1.82, 2.24) is 24.9 Å². The maximum absolute atomic E-state index is 5.49. The number of nitrogens with one attached hydrogen (secondary N) is 1. The third-order valence-corrected chi connectivity index (χ3v) is 2.52. The summed E-state index contributed by atoms with van der Waals surface area (Å²) in [6.07, 6.45) is 7.57. The molecule has 0 fully saturated rings. The largest absolute Gasteiger partial charge is 0.463 e. The lowest BCUT2D eigenvalue weighted by Gasteiger charge is -2.03. The van der Waals surface area contributed by atoms with Crippen LogP contribution in [0, 0.1) is 0 Å². The predicted molar refractivity (Wildman–Crippen MR) is 65.1 cm³/mol. The van der Waals surface area contributed by atoms with Crippen molar-refractivity contribution in [2.45, 2.75) is 6.42 Å². The van der Waals surface area contributed by atoms with E-state index in [0.29, 0.717) is 18.3 Å². The summed E-state index contributed by atoms with van der Waals surface area (Å²) in [6.45, 7) is 0.528. The average Bonchev–Trinajstić information content (AvgIpc) is 2.87. The van der Waals surface area contributed by atoms with Gasteiger partial charge in [-0.2, -0.15) is 4.98 Å². The standard InChI is InChI=1S/C12H11N5O/c1-4-13-5-2-9(1)3-6-18-12-14-7-10-11(17-12)16-8-15-10/h1-2,4-5,7-8H,3,6H2,(H,14,15,16,17). The summed E-state index contributed by atoms with van der Waals surface area (Å²) in [5.74, 6) is 0. The number of hydrogen-bond acceptors (Lipinski definition) is 5. The van der Waals surface area contributed by atoms with Gasteiger partial charge in [-0.15, -0.1) is 0 Å².